The molecule has 9 nitrogen and oxygen atoms in total. The summed E-state index contributed by atoms with van der Waals surface area (Å²) in [6.07, 6.45) is 0.691. The summed E-state index contributed by atoms with van der Waals surface area (Å²) in [4.78, 5) is 28.1. The lowest BCUT2D eigenvalue weighted by atomic mass is 10.3. The number of fused-ring (bicyclic) bond motifs is 1. The van der Waals surface area contributed by atoms with Crippen LogP contribution in [0.25, 0.3) is 11.2 Å². The summed E-state index contributed by atoms with van der Waals surface area (Å²) in [5.74, 6) is 0. The third-order valence-electron chi connectivity index (χ3n) is 3.29. The van der Waals surface area contributed by atoms with Gasteiger partial charge in [0.25, 0.3) is 5.56 Å². The summed E-state index contributed by atoms with van der Waals surface area (Å²) in [6.45, 7) is 0.829. The highest BCUT2D eigenvalue weighted by molar-refractivity contribution is 5.69. The highest BCUT2D eigenvalue weighted by Gasteiger charge is 2.15. The Bertz CT molecular complexity index is 744. The molecule has 3 N–H and O–H groups in total. The summed E-state index contributed by atoms with van der Waals surface area (Å²) in [5, 5.41) is 21.5. The number of nitrogens with zero attached hydrogens (tertiary/aromatic N) is 4. The first-order valence-corrected chi connectivity index (χ1v) is 6.57. The lowest BCUT2D eigenvalue weighted by molar-refractivity contribution is 0.150. The van der Waals surface area contributed by atoms with Crippen LogP contribution < -0.4 is 16.6 Å². The Balaban J connectivity index is 2.34. The van der Waals surface area contributed by atoms with Gasteiger partial charge in [0.15, 0.2) is 11.2 Å². The van der Waals surface area contributed by atoms with Crippen molar-refractivity contribution in [1.82, 2.24) is 24.0 Å². The van der Waals surface area contributed by atoms with Gasteiger partial charge in [0.1, 0.15) is 0 Å². The van der Waals surface area contributed by atoms with E-state index in [1.165, 1.54) is 22.5 Å². The molecule has 2 aromatic rings. The molecule has 0 amide bonds. The van der Waals surface area contributed by atoms with E-state index >= 15 is 0 Å². The third kappa shape index (κ3) is 2.89. The van der Waals surface area contributed by atoms with E-state index in [9.17, 15) is 14.7 Å². The van der Waals surface area contributed by atoms with Crippen LogP contribution in [0.1, 0.15) is 0 Å². The Hall–Kier alpha value is -1.97. The Kier molecular flexibility index (Phi) is 4.56. The van der Waals surface area contributed by atoms with Crippen molar-refractivity contribution in [3.8, 4) is 0 Å². The van der Waals surface area contributed by atoms with Crippen molar-refractivity contribution in [2.24, 2.45) is 14.1 Å². The van der Waals surface area contributed by atoms with Crippen LogP contribution in [0.2, 0.25) is 0 Å². The average molecular weight is 297 g/mol. The van der Waals surface area contributed by atoms with Crippen LogP contribution in [-0.4, -0.2) is 54.7 Å². The second-order valence-electron chi connectivity index (χ2n) is 4.86. The minimum Gasteiger partial charge on any atom is -0.395 e. The standard InChI is InChI=1S/C12H19N5O4/c1-15-10-9(11(20)16(2)12(15)21)17(7-14-10)6-8(19)5-13-3-4-18/h7-8,13,18-19H,3-6H2,1-2H3. The van der Waals surface area contributed by atoms with Gasteiger partial charge in [-0.05, 0) is 0 Å². The SMILES string of the molecule is Cn1c(=O)c2c(ncn2CC(O)CNCCO)n(C)c1=O. The molecule has 2 heterocycles. The summed E-state index contributed by atoms with van der Waals surface area (Å²) in [7, 11) is 2.95. The first kappa shape index (κ1) is 15.4. The molecule has 0 aliphatic rings. The molecule has 0 fully saturated rings. The third-order valence-corrected chi connectivity index (χ3v) is 3.29. The number of rotatable bonds is 6. The van der Waals surface area contributed by atoms with Crippen molar-refractivity contribution in [2.45, 2.75) is 12.6 Å². The highest BCUT2D eigenvalue weighted by atomic mass is 16.3. The van der Waals surface area contributed by atoms with Crippen molar-refractivity contribution in [2.75, 3.05) is 19.7 Å². The zero-order chi connectivity index (χ0) is 15.6. The second kappa shape index (κ2) is 6.20. The van der Waals surface area contributed by atoms with Crippen molar-refractivity contribution < 1.29 is 10.2 Å². The number of aromatic nitrogens is 4. The number of aryl methyl sites for hydroxylation is 1. The average Bonchev–Trinajstić information content (AvgIpc) is 2.87. The first-order valence-electron chi connectivity index (χ1n) is 6.57. The van der Waals surface area contributed by atoms with Crippen LogP contribution in [0.4, 0.5) is 0 Å². The molecular weight excluding hydrogens is 278 g/mol. The molecule has 2 aromatic heterocycles. The summed E-state index contributed by atoms with van der Waals surface area (Å²) >= 11 is 0. The number of hydrogen-bond acceptors (Lipinski definition) is 6. The zero-order valence-electron chi connectivity index (χ0n) is 12.0. The van der Waals surface area contributed by atoms with Crippen LogP contribution in [0.5, 0.6) is 0 Å². The quantitative estimate of drug-likeness (QED) is 0.503. The molecule has 0 aromatic carbocycles. The number of hydrogen-bond donors (Lipinski definition) is 3. The maximum Gasteiger partial charge on any atom is 0.332 e. The van der Waals surface area contributed by atoms with Gasteiger partial charge in [0.2, 0.25) is 0 Å². The number of nitrogens with one attached hydrogen (secondary N) is 1. The normalized spacial score (nSPS) is 13.0. The molecule has 1 atom stereocenters. The zero-order valence-corrected chi connectivity index (χ0v) is 12.0. The fraction of sp³-hybridized carbons (Fsp3) is 0.583. The fourth-order valence-electron chi connectivity index (χ4n) is 2.17. The van der Waals surface area contributed by atoms with Crippen LogP contribution >= 0.6 is 0 Å². The van der Waals surface area contributed by atoms with E-state index in [2.05, 4.69) is 10.3 Å². The fourth-order valence-corrected chi connectivity index (χ4v) is 2.17. The Labute approximate surface area is 120 Å². The van der Waals surface area contributed by atoms with Gasteiger partial charge in [-0.15, -0.1) is 0 Å². The highest BCUT2D eigenvalue weighted by Crippen LogP contribution is 2.06. The predicted molar refractivity (Wildman–Crippen MR) is 76.2 cm³/mol. The number of imidazole rings is 1. The van der Waals surface area contributed by atoms with Gasteiger partial charge in [-0.2, -0.15) is 0 Å². The lowest BCUT2D eigenvalue weighted by Crippen LogP contribution is -2.38. The van der Waals surface area contributed by atoms with E-state index in [-0.39, 0.29) is 25.2 Å². The van der Waals surface area contributed by atoms with Gasteiger partial charge < -0.3 is 20.1 Å². The van der Waals surface area contributed by atoms with Crippen LogP contribution in [0, 0.1) is 0 Å². The molecule has 0 saturated heterocycles. The number of aliphatic hydroxyl groups is 2. The molecule has 116 valence electrons. The first-order chi connectivity index (χ1) is 9.97. The van der Waals surface area contributed by atoms with Gasteiger partial charge >= 0.3 is 5.69 Å². The molecular formula is C12H19N5O4. The summed E-state index contributed by atoms with van der Waals surface area (Å²) < 4.78 is 3.84. The maximum atomic E-state index is 12.2. The largest absolute Gasteiger partial charge is 0.395 e. The second-order valence-corrected chi connectivity index (χ2v) is 4.86. The maximum absolute atomic E-state index is 12.2. The monoisotopic (exact) mass is 297 g/mol. The predicted octanol–water partition coefficient (Wildman–Crippen LogP) is -2.62. The van der Waals surface area contributed by atoms with Gasteiger partial charge in [0.05, 0.1) is 25.6 Å². The van der Waals surface area contributed by atoms with Crippen molar-refractivity contribution >= 4 is 11.2 Å². The van der Waals surface area contributed by atoms with E-state index in [0.717, 1.165) is 4.57 Å². The van der Waals surface area contributed by atoms with E-state index in [1.54, 1.807) is 7.05 Å². The summed E-state index contributed by atoms with van der Waals surface area (Å²) in [6, 6.07) is 0. The van der Waals surface area contributed by atoms with E-state index < -0.39 is 17.4 Å². The molecule has 0 saturated carbocycles. The molecule has 2 rings (SSSR count). The summed E-state index contributed by atoms with van der Waals surface area (Å²) in [5.41, 5.74) is -0.316. The molecule has 0 bridgehead atoms. The number of aliphatic hydroxyl groups excluding tert-OH is 2. The molecule has 1 unspecified atom stereocenters. The van der Waals surface area contributed by atoms with E-state index in [0.29, 0.717) is 12.2 Å². The molecule has 21 heavy (non-hydrogen) atoms. The van der Waals surface area contributed by atoms with Crippen molar-refractivity contribution in [3.05, 3.63) is 27.2 Å². The molecule has 0 aliphatic carbocycles. The molecule has 0 spiro atoms. The van der Waals surface area contributed by atoms with E-state index in [1.807, 2.05) is 0 Å². The van der Waals surface area contributed by atoms with Crippen LogP contribution in [-0.2, 0) is 20.6 Å². The van der Waals surface area contributed by atoms with Crippen molar-refractivity contribution in [3.63, 3.8) is 0 Å². The van der Waals surface area contributed by atoms with Gasteiger partial charge in [-0.1, -0.05) is 0 Å². The smallest absolute Gasteiger partial charge is 0.332 e. The Morgan fingerprint density at radius 1 is 1.33 bits per heavy atom. The Morgan fingerprint density at radius 3 is 2.71 bits per heavy atom. The van der Waals surface area contributed by atoms with Gasteiger partial charge in [-0.3, -0.25) is 13.9 Å². The van der Waals surface area contributed by atoms with Crippen molar-refractivity contribution in [1.29, 1.82) is 0 Å². The van der Waals surface area contributed by atoms with Crippen LogP contribution in [0.15, 0.2) is 15.9 Å². The minimum atomic E-state index is -0.740. The van der Waals surface area contributed by atoms with Gasteiger partial charge in [-0.25, -0.2) is 9.78 Å². The topological polar surface area (TPSA) is 114 Å². The van der Waals surface area contributed by atoms with Crippen LogP contribution in [0.3, 0.4) is 0 Å². The molecule has 0 aliphatic heterocycles. The van der Waals surface area contributed by atoms with E-state index in [4.69, 9.17) is 5.11 Å². The molecule has 9 heteroatoms. The Morgan fingerprint density at radius 2 is 2.05 bits per heavy atom. The minimum absolute atomic E-state index is 0.0105. The molecule has 0 radical (unpaired) electrons. The van der Waals surface area contributed by atoms with Gasteiger partial charge in [0, 0.05) is 27.2 Å². The lowest BCUT2D eigenvalue weighted by Gasteiger charge is -2.12.